The van der Waals surface area contributed by atoms with Crippen molar-refractivity contribution >= 4 is 28.7 Å². The number of anilines is 2. The van der Waals surface area contributed by atoms with Crippen molar-refractivity contribution in [2.45, 2.75) is 32.9 Å². The zero-order valence-corrected chi connectivity index (χ0v) is 22.8. The van der Waals surface area contributed by atoms with Gasteiger partial charge in [0.1, 0.15) is 5.82 Å². The predicted molar refractivity (Wildman–Crippen MR) is 155 cm³/mol. The smallest absolute Gasteiger partial charge is 0.174 e. The van der Waals surface area contributed by atoms with Crippen LogP contribution in [0.1, 0.15) is 40.3 Å². The van der Waals surface area contributed by atoms with Crippen LogP contribution in [0, 0.1) is 20.8 Å². The van der Waals surface area contributed by atoms with Gasteiger partial charge < -0.3 is 24.4 Å². The van der Waals surface area contributed by atoms with Crippen LogP contribution < -0.4 is 15.1 Å². The maximum atomic E-state index is 5.97. The van der Waals surface area contributed by atoms with Crippen molar-refractivity contribution in [2.75, 3.05) is 36.1 Å². The van der Waals surface area contributed by atoms with Gasteiger partial charge in [-0.1, -0.05) is 12.1 Å². The number of nitrogens with one attached hydrogen (secondary N) is 1. The average molecular weight is 525 g/mol. The van der Waals surface area contributed by atoms with Crippen LogP contribution >= 0.6 is 12.2 Å². The molecule has 7 nitrogen and oxygen atoms in total. The first kappa shape index (κ1) is 24.6. The Kier molecular flexibility index (Phi) is 6.59. The van der Waals surface area contributed by atoms with E-state index in [0.29, 0.717) is 5.11 Å². The molecule has 0 radical (unpaired) electrons. The standard InChI is InChI=1S/C30H32N6OS/c1-20-7-6-14-32-29(20)35-21(2)19-25(22(35)3)28-27(26-8-4-5-13-31-26)33-30(38)36(28)24-11-9-23(10-12-24)34-15-17-37-18-16-34/h4-14,19,27-28H,15-18H2,1-3H3,(H,33,38)/t27-,28-/m0/s1. The number of nitrogens with zero attached hydrogens (tertiary/aromatic N) is 5. The number of rotatable bonds is 5. The van der Waals surface area contributed by atoms with Crippen molar-refractivity contribution in [3.8, 4) is 5.82 Å². The third-order valence-corrected chi connectivity index (χ3v) is 7.90. The molecule has 1 aromatic carbocycles. The lowest BCUT2D eigenvalue weighted by molar-refractivity contribution is 0.122. The fourth-order valence-corrected chi connectivity index (χ4v) is 6.06. The van der Waals surface area contributed by atoms with Gasteiger partial charge in [-0.05, 0) is 92.6 Å². The monoisotopic (exact) mass is 524 g/mol. The Labute approximate surface area is 229 Å². The summed E-state index contributed by atoms with van der Waals surface area (Å²) in [7, 11) is 0. The molecule has 0 saturated carbocycles. The zero-order valence-electron chi connectivity index (χ0n) is 22.0. The van der Waals surface area contributed by atoms with Crippen LogP contribution in [0.4, 0.5) is 11.4 Å². The highest BCUT2D eigenvalue weighted by Gasteiger charge is 2.42. The maximum absolute atomic E-state index is 5.97. The number of morpholine rings is 1. The molecule has 3 aromatic heterocycles. The van der Waals surface area contributed by atoms with E-state index in [-0.39, 0.29) is 12.1 Å². The van der Waals surface area contributed by atoms with Gasteiger partial charge in [0, 0.05) is 48.2 Å². The van der Waals surface area contributed by atoms with Crippen LogP contribution in [0.15, 0.2) is 73.1 Å². The van der Waals surface area contributed by atoms with E-state index in [9.17, 15) is 0 Å². The van der Waals surface area contributed by atoms with Gasteiger partial charge in [0.15, 0.2) is 5.11 Å². The number of hydrogen-bond donors (Lipinski definition) is 1. The molecule has 194 valence electrons. The van der Waals surface area contributed by atoms with Gasteiger partial charge in [0.25, 0.3) is 0 Å². The molecular formula is C30H32N6OS. The fraction of sp³-hybridized carbons (Fsp3) is 0.300. The summed E-state index contributed by atoms with van der Waals surface area (Å²) in [6, 6.07) is 21.0. The zero-order chi connectivity index (χ0) is 26.2. The number of benzene rings is 1. The first-order valence-electron chi connectivity index (χ1n) is 13.1. The second kappa shape index (κ2) is 10.2. The molecule has 5 heterocycles. The summed E-state index contributed by atoms with van der Waals surface area (Å²) in [5.74, 6) is 0.957. The highest BCUT2D eigenvalue weighted by Crippen LogP contribution is 2.44. The third-order valence-electron chi connectivity index (χ3n) is 7.58. The first-order valence-corrected chi connectivity index (χ1v) is 13.5. The third kappa shape index (κ3) is 4.33. The van der Waals surface area contributed by atoms with E-state index in [2.05, 4.69) is 82.9 Å². The Hall–Kier alpha value is -3.75. The molecule has 6 rings (SSSR count). The molecule has 2 aliphatic rings. The minimum Gasteiger partial charge on any atom is -0.378 e. The molecule has 0 aliphatic carbocycles. The summed E-state index contributed by atoms with van der Waals surface area (Å²) < 4.78 is 7.78. The number of pyridine rings is 2. The second-order valence-corrected chi connectivity index (χ2v) is 10.3. The fourth-order valence-electron chi connectivity index (χ4n) is 5.72. The van der Waals surface area contributed by atoms with Gasteiger partial charge in [0.2, 0.25) is 0 Å². The number of ether oxygens (including phenoxy) is 1. The summed E-state index contributed by atoms with van der Waals surface area (Å²) in [5.41, 5.74) is 7.85. The second-order valence-electron chi connectivity index (χ2n) is 9.92. The van der Waals surface area contributed by atoms with Gasteiger partial charge >= 0.3 is 0 Å². The van der Waals surface area contributed by atoms with Gasteiger partial charge in [-0.15, -0.1) is 0 Å². The molecule has 0 spiro atoms. The van der Waals surface area contributed by atoms with Crippen molar-refractivity contribution in [3.63, 3.8) is 0 Å². The molecule has 1 N–H and O–H groups in total. The van der Waals surface area contributed by atoms with E-state index in [4.69, 9.17) is 26.9 Å². The largest absolute Gasteiger partial charge is 0.378 e. The molecular weight excluding hydrogens is 492 g/mol. The maximum Gasteiger partial charge on any atom is 0.174 e. The molecule has 0 bridgehead atoms. The Morgan fingerprint density at radius 3 is 2.34 bits per heavy atom. The molecule has 38 heavy (non-hydrogen) atoms. The molecule has 0 unspecified atom stereocenters. The number of hydrogen-bond acceptors (Lipinski definition) is 5. The normalized spacial score (nSPS) is 19.6. The summed E-state index contributed by atoms with van der Waals surface area (Å²) in [6.07, 6.45) is 3.70. The number of thiocarbonyl (C=S) groups is 1. The first-order chi connectivity index (χ1) is 18.5. The van der Waals surface area contributed by atoms with Crippen molar-refractivity contribution in [1.29, 1.82) is 0 Å². The quantitative estimate of drug-likeness (QED) is 0.360. The van der Waals surface area contributed by atoms with Crippen molar-refractivity contribution in [1.82, 2.24) is 19.9 Å². The number of aryl methyl sites for hydroxylation is 2. The molecule has 8 heteroatoms. The van der Waals surface area contributed by atoms with Crippen molar-refractivity contribution in [3.05, 3.63) is 101 Å². The minimum absolute atomic E-state index is 0.0735. The van der Waals surface area contributed by atoms with E-state index in [0.717, 1.165) is 60.5 Å². The van der Waals surface area contributed by atoms with E-state index in [1.54, 1.807) is 0 Å². The molecule has 0 amide bonds. The summed E-state index contributed by atoms with van der Waals surface area (Å²) >= 11 is 5.97. The SMILES string of the molecule is Cc1cccnc1-n1c(C)cc([C@H]2[C@H](c3ccccn3)NC(=S)N2c2ccc(N3CCOCC3)cc2)c1C. The Balaban J connectivity index is 1.44. The number of aromatic nitrogens is 3. The molecule has 4 aromatic rings. The summed E-state index contributed by atoms with van der Waals surface area (Å²) in [6.45, 7) is 9.77. The summed E-state index contributed by atoms with van der Waals surface area (Å²) in [4.78, 5) is 14.0. The Bertz CT molecular complexity index is 1450. The lowest BCUT2D eigenvalue weighted by Crippen LogP contribution is -2.36. The van der Waals surface area contributed by atoms with Gasteiger partial charge in [-0.25, -0.2) is 4.98 Å². The predicted octanol–water partition coefficient (Wildman–Crippen LogP) is 5.21. The van der Waals surface area contributed by atoms with Crippen LogP contribution in [0.25, 0.3) is 5.82 Å². The average Bonchev–Trinajstić information content (AvgIpc) is 3.45. The van der Waals surface area contributed by atoms with Crippen LogP contribution in [0.2, 0.25) is 0 Å². The van der Waals surface area contributed by atoms with Crippen molar-refractivity contribution in [2.24, 2.45) is 0 Å². The lowest BCUT2D eigenvalue weighted by Gasteiger charge is -2.31. The van der Waals surface area contributed by atoms with Crippen LogP contribution in [0.3, 0.4) is 0 Å². The Morgan fingerprint density at radius 1 is 0.895 bits per heavy atom. The van der Waals surface area contributed by atoms with E-state index < -0.39 is 0 Å². The van der Waals surface area contributed by atoms with Gasteiger partial charge in [-0.3, -0.25) is 4.98 Å². The van der Waals surface area contributed by atoms with Crippen LogP contribution in [-0.4, -0.2) is 46.0 Å². The van der Waals surface area contributed by atoms with Crippen LogP contribution in [-0.2, 0) is 4.74 Å². The van der Waals surface area contributed by atoms with Gasteiger partial charge in [0.05, 0.1) is 31.0 Å². The summed E-state index contributed by atoms with van der Waals surface area (Å²) in [5, 5.41) is 4.29. The van der Waals surface area contributed by atoms with E-state index in [1.807, 2.05) is 30.6 Å². The Morgan fingerprint density at radius 2 is 1.63 bits per heavy atom. The van der Waals surface area contributed by atoms with Gasteiger partial charge in [-0.2, -0.15) is 0 Å². The topological polar surface area (TPSA) is 58.5 Å². The molecule has 2 fully saturated rings. The highest BCUT2D eigenvalue weighted by atomic mass is 32.1. The lowest BCUT2D eigenvalue weighted by atomic mass is 9.96. The van der Waals surface area contributed by atoms with E-state index in [1.165, 1.54) is 11.3 Å². The molecule has 2 saturated heterocycles. The van der Waals surface area contributed by atoms with E-state index >= 15 is 0 Å². The molecule has 2 aliphatic heterocycles. The highest BCUT2D eigenvalue weighted by molar-refractivity contribution is 7.80. The van der Waals surface area contributed by atoms with Crippen LogP contribution in [0.5, 0.6) is 0 Å². The van der Waals surface area contributed by atoms with Crippen molar-refractivity contribution < 1.29 is 4.74 Å². The minimum atomic E-state index is -0.0959. The molecule has 2 atom stereocenters.